The number of rotatable bonds is 8. The SMILES string of the molecule is CCNC(CCc1ccccc1)C1(OCC)CCCC1. The van der Waals surface area contributed by atoms with Gasteiger partial charge in [0.05, 0.1) is 5.60 Å². The molecular weight excluding hydrogens is 246 g/mol. The molecule has 2 heteroatoms. The van der Waals surface area contributed by atoms with Crippen molar-refractivity contribution in [3.8, 4) is 0 Å². The van der Waals surface area contributed by atoms with Gasteiger partial charge in [-0.1, -0.05) is 50.1 Å². The molecule has 0 amide bonds. The van der Waals surface area contributed by atoms with Crippen molar-refractivity contribution in [1.29, 1.82) is 0 Å². The first kappa shape index (κ1) is 15.5. The van der Waals surface area contributed by atoms with Gasteiger partial charge in [-0.2, -0.15) is 0 Å². The molecule has 0 spiro atoms. The van der Waals surface area contributed by atoms with Gasteiger partial charge in [0, 0.05) is 12.6 Å². The van der Waals surface area contributed by atoms with Crippen molar-refractivity contribution in [1.82, 2.24) is 5.32 Å². The topological polar surface area (TPSA) is 21.3 Å². The highest BCUT2D eigenvalue weighted by Crippen LogP contribution is 2.37. The van der Waals surface area contributed by atoms with Gasteiger partial charge in [-0.05, 0) is 44.7 Å². The largest absolute Gasteiger partial charge is 0.374 e. The van der Waals surface area contributed by atoms with Crippen LogP contribution in [0.15, 0.2) is 30.3 Å². The maximum atomic E-state index is 6.23. The van der Waals surface area contributed by atoms with Crippen LogP contribution < -0.4 is 5.32 Å². The van der Waals surface area contributed by atoms with Gasteiger partial charge < -0.3 is 10.1 Å². The molecule has 112 valence electrons. The smallest absolute Gasteiger partial charge is 0.0834 e. The second kappa shape index (κ2) is 7.80. The van der Waals surface area contributed by atoms with E-state index < -0.39 is 0 Å². The zero-order chi connectivity index (χ0) is 14.3. The van der Waals surface area contributed by atoms with Crippen LogP contribution in [0.3, 0.4) is 0 Å². The number of likely N-dealkylation sites (N-methyl/N-ethyl adjacent to an activating group) is 1. The molecule has 2 rings (SSSR count). The Balaban J connectivity index is 2.01. The third-order valence-electron chi connectivity index (χ3n) is 4.53. The molecule has 0 bridgehead atoms. The molecule has 0 aromatic heterocycles. The van der Waals surface area contributed by atoms with E-state index in [1.165, 1.54) is 31.2 Å². The summed E-state index contributed by atoms with van der Waals surface area (Å²) in [4.78, 5) is 0. The monoisotopic (exact) mass is 275 g/mol. The van der Waals surface area contributed by atoms with Crippen molar-refractivity contribution in [3.63, 3.8) is 0 Å². The highest BCUT2D eigenvalue weighted by Gasteiger charge is 2.41. The summed E-state index contributed by atoms with van der Waals surface area (Å²) in [6.07, 6.45) is 7.35. The Hall–Kier alpha value is -0.860. The summed E-state index contributed by atoms with van der Waals surface area (Å²) >= 11 is 0. The molecule has 1 aromatic carbocycles. The van der Waals surface area contributed by atoms with Gasteiger partial charge in [-0.25, -0.2) is 0 Å². The van der Waals surface area contributed by atoms with Crippen molar-refractivity contribution in [2.75, 3.05) is 13.2 Å². The maximum Gasteiger partial charge on any atom is 0.0834 e. The Bertz CT molecular complexity index is 370. The fourth-order valence-electron chi connectivity index (χ4n) is 3.61. The zero-order valence-corrected chi connectivity index (χ0v) is 13.0. The first-order chi connectivity index (χ1) is 9.80. The van der Waals surface area contributed by atoms with Crippen LogP contribution in [0.5, 0.6) is 0 Å². The molecule has 20 heavy (non-hydrogen) atoms. The molecule has 1 aromatic rings. The number of benzene rings is 1. The van der Waals surface area contributed by atoms with E-state index in [-0.39, 0.29) is 5.60 Å². The summed E-state index contributed by atoms with van der Waals surface area (Å²) in [7, 11) is 0. The van der Waals surface area contributed by atoms with E-state index in [4.69, 9.17) is 4.74 Å². The van der Waals surface area contributed by atoms with Crippen LogP contribution in [-0.2, 0) is 11.2 Å². The molecule has 1 saturated carbocycles. The minimum atomic E-state index is 0.0829. The van der Waals surface area contributed by atoms with Crippen LogP contribution >= 0.6 is 0 Å². The molecule has 1 fully saturated rings. The van der Waals surface area contributed by atoms with Crippen LogP contribution in [0.4, 0.5) is 0 Å². The van der Waals surface area contributed by atoms with Gasteiger partial charge in [-0.15, -0.1) is 0 Å². The second-order valence-electron chi connectivity index (χ2n) is 5.84. The van der Waals surface area contributed by atoms with E-state index in [1.807, 2.05) is 0 Å². The van der Waals surface area contributed by atoms with E-state index >= 15 is 0 Å². The highest BCUT2D eigenvalue weighted by molar-refractivity contribution is 5.15. The molecule has 0 saturated heterocycles. The molecule has 1 aliphatic rings. The lowest BCUT2D eigenvalue weighted by molar-refractivity contribution is -0.0628. The van der Waals surface area contributed by atoms with Crippen LogP contribution in [0.1, 0.15) is 51.5 Å². The van der Waals surface area contributed by atoms with Crippen LogP contribution in [0.2, 0.25) is 0 Å². The van der Waals surface area contributed by atoms with Crippen molar-refractivity contribution in [3.05, 3.63) is 35.9 Å². The lowest BCUT2D eigenvalue weighted by Gasteiger charge is -2.38. The van der Waals surface area contributed by atoms with Crippen LogP contribution in [-0.4, -0.2) is 24.8 Å². The Labute approximate surface area is 123 Å². The predicted octanol–water partition coefficient (Wildman–Crippen LogP) is 3.95. The van der Waals surface area contributed by atoms with Crippen LogP contribution in [0.25, 0.3) is 0 Å². The van der Waals surface area contributed by atoms with Crippen molar-refractivity contribution in [2.45, 2.75) is 64.0 Å². The first-order valence-electron chi connectivity index (χ1n) is 8.22. The van der Waals surface area contributed by atoms with Gasteiger partial charge in [0.25, 0.3) is 0 Å². The number of hydrogen-bond acceptors (Lipinski definition) is 2. The molecule has 1 N–H and O–H groups in total. The van der Waals surface area contributed by atoms with E-state index in [9.17, 15) is 0 Å². The quantitative estimate of drug-likeness (QED) is 0.775. The maximum absolute atomic E-state index is 6.23. The summed E-state index contributed by atoms with van der Waals surface area (Å²) in [5.41, 5.74) is 1.51. The van der Waals surface area contributed by atoms with Gasteiger partial charge >= 0.3 is 0 Å². The normalized spacial score (nSPS) is 19.1. The fraction of sp³-hybridized carbons (Fsp3) is 0.667. The number of nitrogens with one attached hydrogen (secondary N) is 1. The fourth-order valence-corrected chi connectivity index (χ4v) is 3.61. The average Bonchev–Trinajstić information content (AvgIpc) is 2.94. The molecule has 1 atom stereocenters. The Kier molecular flexibility index (Phi) is 6.06. The summed E-state index contributed by atoms with van der Waals surface area (Å²) < 4.78 is 6.23. The highest BCUT2D eigenvalue weighted by atomic mass is 16.5. The molecular formula is C18H29NO. The number of hydrogen-bond donors (Lipinski definition) is 1. The van der Waals surface area contributed by atoms with Gasteiger partial charge in [0.2, 0.25) is 0 Å². The lowest BCUT2D eigenvalue weighted by atomic mass is 9.87. The van der Waals surface area contributed by atoms with E-state index in [2.05, 4.69) is 49.5 Å². The Morgan fingerprint density at radius 3 is 2.45 bits per heavy atom. The predicted molar refractivity (Wildman–Crippen MR) is 85.1 cm³/mol. The molecule has 0 radical (unpaired) electrons. The van der Waals surface area contributed by atoms with Gasteiger partial charge in [0.15, 0.2) is 0 Å². The summed E-state index contributed by atoms with van der Waals surface area (Å²) in [6.45, 7) is 6.17. The molecule has 0 aliphatic heterocycles. The average molecular weight is 275 g/mol. The van der Waals surface area contributed by atoms with Crippen LogP contribution in [0, 0.1) is 0 Å². The summed E-state index contributed by atoms with van der Waals surface area (Å²) in [6, 6.07) is 11.3. The number of aryl methyl sites for hydroxylation is 1. The number of ether oxygens (including phenoxy) is 1. The molecule has 0 heterocycles. The standard InChI is InChI=1S/C18H29NO/c1-3-19-17(13-12-16-10-6-5-7-11-16)18(20-4-2)14-8-9-15-18/h5-7,10-11,17,19H,3-4,8-9,12-15H2,1-2H3. The Morgan fingerprint density at radius 2 is 1.85 bits per heavy atom. The molecule has 2 nitrogen and oxygen atoms in total. The zero-order valence-electron chi connectivity index (χ0n) is 13.0. The lowest BCUT2D eigenvalue weighted by Crippen LogP contribution is -2.51. The minimum absolute atomic E-state index is 0.0829. The van der Waals surface area contributed by atoms with Crippen molar-refractivity contribution < 1.29 is 4.74 Å². The first-order valence-corrected chi connectivity index (χ1v) is 8.22. The minimum Gasteiger partial charge on any atom is -0.374 e. The summed E-state index contributed by atoms with van der Waals surface area (Å²) in [5, 5.41) is 3.70. The Morgan fingerprint density at radius 1 is 1.15 bits per heavy atom. The van der Waals surface area contributed by atoms with Crippen molar-refractivity contribution >= 4 is 0 Å². The summed E-state index contributed by atoms with van der Waals surface area (Å²) in [5.74, 6) is 0. The third kappa shape index (κ3) is 3.83. The van der Waals surface area contributed by atoms with E-state index in [0.29, 0.717) is 6.04 Å². The molecule has 1 unspecified atom stereocenters. The van der Waals surface area contributed by atoms with E-state index in [0.717, 1.165) is 26.0 Å². The van der Waals surface area contributed by atoms with E-state index in [1.54, 1.807) is 0 Å². The van der Waals surface area contributed by atoms with Gasteiger partial charge in [0.1, 0.15) is 0 Å². The second-order valence-corrected chi connectivity index (χ2v) is 5.84. The van der Waals surface area contributed by atoms with Gasteiger partial charge in [-0.3, -0.25) is 0 Å². The van der Waals surface area contributed by atoms with Crippen molar-refractivity contribution in [2.24, 2.45) is 0 Å². The molecule has 1 aliphatic carbocycles. The third-order valence-corrected chi connectivity index (χ3v) is 4.53.